The number of para-hydroxylation sites is 1. The monoisotopic (exact) mass is 297 g/mol. The Labute approximate surface area is 129 Å². The Bertz CT molecular complexity index is 766. The van der Waals surface area contributed by atoms with E-state index in [0.29, 0.717) is 5.69 Å². The summed E-state index contributed by atoms with van der Waals surface area (Å²) in [6.45, 7) is 3.89. The molecule has 2 heterocycles. The third-order valence-electron chi connectivity index (χ3n) is 4.22. The minimum absolute atomic E-state index is 0.0475. The topological polar surface area (TPSA) is 55.2 Å². The average Bonchev–Trinajstić information content (AvgIpc) is 2.51. The molecule has 0 saturated heterocycles. The lowest BCUT2D eigenvalue weighted by molar-refractivity contribution is -0.119. The van der Waals surface area contributed by atoms with Gasteiger partial charge >= 0.3 is 0 Å². The van der Waals surface area contributed by atoms with E-state index in [9.17, 15) is 9.59 Å². The van der Waals surface area contributed by atoms with Gasteiger partial charge in [-0.1, -0.05) is 18.2 Å². The molecule has 2 aromatic rings. The van der Waals surface area contributed by atoms with Gasteiger partial charge in [-0.2, -0.15) is 0 Å². The number of amides is 1. The van der Waals surface area contributed by atoms with E-state index in [-0.39, 0.29) is 24.1 Å². The summed E-state index contributed by atoms with van der Waals surface area (Å²) in [5.74, 6) is -0.0592. The highest BCUT2D eigenvalue weighted by Crippen LogP contribution is 2.30. The van der Waals surface area contributed by atoms with Crippen LogP contribution in [0, 0.1) is 6.92 Å². The quantitative estimate of drug-likeness (QED) is 0.851. The van der Waals surface area contributed by atoms with Crippen molar-refractivity contribution in [3.63, 3.8) is 0 Å². The fourth-order valence-corrected chi connectivity index (χ4v) is 3.00. The molecule has 0 aliphatic carbocycles. The lowest BCUT2D eigenvalue weighted by Gasteiger charge is -2.35. The molecule has 0 fully saturated rings. The first-order valence-electron chi connectivity index (χ1n) is 7.49. The molecule has 1 aromatic heterocycles. The molecule has 0 bridgehead atoms. The summed E-state index contributed by atoms with van der Waals surface area (Å²) in [7, 11) is 0. The van der Waals surface area contributed by atoms with E-state index in [1.807, 2.05) is 23.1 Å². The number of fused-ring (bicyclic) bond motifs is 1. The van der Waals surface area contributed by atoms with Gasteiger partial charge in [0.1, 0.15) is 6.54 Å². The van der Waals surface area contributed by atoms with E-state index in [1.165, 1.54) is 16.3 Å². The van der Waals surface area contributed by atoms with Gasteiger partial charge in [-0.15, -0.1) is 0 Å². The number of carbonyl (C=O) groups is 1. The molecule has 0 saturated carbocycles. The second kappa shape index (κ2) is 5.75. The second-order valence-corrected chi connectivity index (χ2v) is 5.75. The summed E-state index contributed by atoms with van der Waals surface area (Å²) in [6, 6.07) is 8.12. The van der Waals surface area contributed by atoms with Gasteiger partial charge in [0, 0.05) is 23.6 Å². The van der Waals surface area contributed by atoms with Crippen LogP contribution in [-0.2, 0) is 17.8 Å². The van der Waals surface area contributed by atoms with Gasteiger partial charge in [0.25, 0.3) is 5.56 Å². The van der Waals surface area contributed by atoms with Crippen LogP contribution in [0.25, 0.3) is 0 Å². The Morgan fingerprint density at radius 1 is 1.32 bits per heavy atom. The van der Waals surface area contributed by atoms with E-state index < -0.39 is 0 Å². The third kappa shape index (κ3) is 2.54. The normalized spacial score (nSPS) is 17.2. The molecule has 22 heavy (non-hydrogen) atoms. The zero-order valence-corrected chi connectivity index (χ0v) is 12.8. The summed E-state index contributed by atoms with van der Waals surface area (Å²) in [4.78, 5) is 30.4. The Morgan fingerprint density at radius 3 is 2.86 bits per heavy atom. The van der Waals surface area contributed by atoms with Crippen molar-refractivity contribution in [2.75, 3.05) is 4.90 Å². The maximum atomic E-state index is 12.8. The van der Waals surface area contributed by atoms with Crippen LogP contribution >= 0.6 is 0 Å². The zero-order chi connectivity index (χ0) is 15.7. The molecule has 1 atom stereocenters. The highest BCUT2D eigenvalue weighted by molar-refractivity contribution is 5.95. The number of aryl methyl sites for hydroxylation is 2. The molecular formula is C17H19N3O2. The minimum Gasteiger partial charge on any atom is -0.308 e. The van der Waals surface area contributed by atoms with Crippen LogP contribution in [0.1, 0.15) is 24.6 Å². The number of hydrogen-bond acceptors (Lipinski definition) is 3. The van der Waals surface area contributed by atoms with E-state index in [4.69, 9.17) is 0 Å². The summed E-state index contributed by atoms with van der Waals surface area (Å²) in [6.07, 6.45) is 4.76. The van der Waals surface area contributed by atoms with Crippen molar-refractivity contribution in [3.05, 3.63) is 58.3 Å². The van der Waals surface area contributed by atoms with Crippen LogP contribution in [0.15, 0.2) is 41.5 Å². The second-order valence-electron chi connectivity index (χ2n) is 5.75. The van der Waals surface area contributed by atoms with Gasteiger partial charge in [0.15, 0.2) is 0 Å². The molecule has 1 aliphatic heterocycles. The average molecular weight is 297 g/mol. The fraction of sp³-hybridized carbons (Fsp3) is 0.353. The highest BCUT2D eigenvalue weighted by atomic mass is 16.2. The van der Waals surface area contributed by atoms with Gasteiger partial charge in [-0.05, 0) is 38.3 Å². The summed E-state index contributed by atoms with van der Waals surface area (Å²) >= 11 is 0. The largest absolute Gasteiger partial charge is 0.308 e. The highest BCUT2D eigenvalue weighted by Gasteiger charge is 2.28. The molecule has 0 radical (unpaired) electrons. The number of benzene rings is 1. The Balaban J connectivity index is 1.94. The SMILES string of the molecule is Cc1cncc(=O)n1CC(=O)N1c2ccccc2CCC1C. The molecule has 1 amide bonds. The predicted molar refractivity (Wildman–Crippen MR) is 84.9 cm³/mol. The van der Waals surface area contributed by atoms with Crippen molar-refractivity contribution in [3.8, 4) is 0 Å². The molecule has 1 unspecified atom stereocenters. The molecule has 5 nitrogen and oxygen atoms in total. The van der Waals surface area contributed by atoms with E-state index >= 15 is 0 Å². The Morgan fingerprint density at radius 2 is 2.09 bits per heavy atom. The van der Waals surface area contributed by atoms with Crippen molar-refractivity contribution >= 4 is 11.6 Å². The predicted octanol–water partition coefficient (Wildman–Crippen LogP) is 1.92. The van der Waals surface area contributed by atoms with Gasteiger partial charge in [-0.3, -0.25) is 14.6 Å². The number of nitrogens with zero attached hydrogens (tertiary/aromatic N) is 3. The van der Waals surface area contributed by atoms with E-state index in [1.54, 1.807) is 13.1 Å². The molecule has 0 spiro atoms. The van der Waals surface area contributed by atoms with Gasteiger partial charge in [0.05, 0.1) is 6.20 Å². The molecule has 1 aliphatic rings. The molecule has 5 heteroatoms. The third-order valence-corrected chi connectivity index (χ3v) is 4.22. The maximum absolute atomic E-state index is 12.8. The number of hydrogen-bond donors (Lipinski definition) is 0. The lowest BCUT2D eigenvalue weighted by atomic mass is 9.96. The molecular weight excluding hydrogens is 278 g/mol. The van der Waals surface area contributed by atoms with Gasteiger partial charge in [0.2, 0.25) is 5.91 Å². The zero-order valence-electron chi connectivity index (χ0n) is 12.8. The molecule has 3 rings (SSSR count). The number of aromatic nitrogens is 2. The summed E-state index contributed by atoms with van der Waals surface area (Å²) in [5.41, 5.74) is 2.60. The maximum Gasteiger partial charge on any atom is 0.269 e. The summed E-state index contributed by atoms with van der Waals surface area (Å²) in [5, 5.41) is 0. The number of anilines is 1. The first kappa shape index (κ1) is 14.5. The number of rotatable bonds is 2. The molecule has 1 aromatic carbocycles. The first-order chi connectivity index (χ1) is 10.6. The molecule has 0 N–H and O–H groups in total. The van der Waals surface area contributed by atoms with Gasteiger partial charge in [-0.25, -0.2) is 0 Å². The van der Waals surface area contributed by atoms with Crippen LogP contribution in [0.4, 0.5) is 5.69 Å². The van der Waals surface area contributed by atoms with Crippen molar-refractivity contribution < 1.29 is 4.79 Å². The van der Waals surface area contributed by atoms with Crippen molar-refractivity contribution in [2.45, 2.75) is 39.3 Å². The van der Waals surface area contributed by atoms with Crippen LogP contribution in [0.3, 0.4) is 0 Å². The molecule has 114 valence electrons. The Kier molecular flexibility index (Phi) is 3.79. The van der Waals surface area contributed by atoms with Crippen LogP contribution in [-0.4, -0.2) is 21.5 Å². The van der Waals surface area contributed by atoms with E-state index in [0.717, 1.165) is 18.5 Å². The van der Waals surface area contributed by atoms with Crippen molar-refractivity contribution in [1.29, 1.82) is 0 Å². The van der Waals surface area contributed by atoms with Crippen LogP contribution < -0.4 is 10.5 Å². The first-order valence-corrected chi connectivity index (χ1v) is 7.49. The number of carbonyl (C=O) groups excluding carboxylic acids is 1. The summed E-state index contributed by atoms with van der Waals surface area (Å²) < 4.78 is 1.47. The Hall–Kier alpha value is -2.43. The van der Waals surface area contributed by atoms with Crippen LogP contribution in [0.5, 0.6) is 0 Å². The van der Waals surface area contributed by atoms with Gasteiger partial charge < -0.3 is 9.47 Å². The smallest absolute Gasteiger partial charge is 0.269 e. The van der Waals surface area contributed by atoms with Crippen LogP contribution in [0.2, 0.25) is 0 Å². The lowest BCUT2D eigenvalue weighted by Crippen LogP contribution is -2.45. The van der Waals surface area contributed by atoms with Crippen molar-refractivity contribution in [1.82, 2.24) is 9.55 Å². The van der Waals surface area contributed by atoms with Crippen molar-refractivity contribution in [2.24, 2.45) is 0 Å². The minimum atomic E-state index is -0.244. The van der Waals surface area contributed by atoms with E-state index in [2.05, 4.69) is 18.0 Å². The standard InChI is InChI=1S/C17H19N3O2/c1-12-7-8-14-5-3-4-6-15(14)20(12)17(22)11-19-13(2)9-18-10-16(19)21/h3-6,9-10,12H,7-8,11H2,1-2H3. The fourth-order valence-electron chi connectivity index (χ4n) is 3.00.